The maximum absolute atomic E-state index is 11.4. The van der Waals surface area contributed by atoms with Gasteiger partial charge in [0.1, 0.15) is 5.92 Å². The van der Waals surface area contributed by atoms with E-state index in [1.165, 1.54) is 0 Å². The molecule has 0 saturated carbocycles. The summed E-state index contributed by atoms with van der Waals surface area (Å²) in [6.07, 6.45) is 0. The van der Waals surface area contributed by atoms with Crippen molar-refractivity contribution in [2.24, 2.45) is 5.92 Å². The number of halogens is 1. The summed E-state index contributed by atoms with van der Waals surface area (Å²) in [6.45, 7) is 3.53. The number of carbonyl (C=O) groups is 1. The van der Waals surface area contributed by atoms with Crippen LogP contribution in [-0.2, 0) is 4.79 Å². The number of nitrogens with zero attached hydrogens (tertiary/aromatic N) is 1. The van der Waals surface area contributed by atoms with Crippen LogP contribution in [0.1, 0.15) is 12.5 Å². The second kappa shape index (κ2) is 4.94. The van der Waals surface area contributed by atoms with Crippen LogP contribution in [0.3, 0.4) is 0 Å². The van der Waals surface area contributed by atoms with E-state index in [9.17, 15) is 4.79 Å². The van der Waals surface area contributed by atoms with E-state index in [0.29, 0.717) is 5.69 Å². The lowest BCUT2D eigenvalue weighted by Crippen LogP contribution is -2.19. The quantitative estimate of drug-likeness (QED) is 0.895. The van der Waals surface area contributed by atoms with E-state index in [-0.39, 0.29) is 5.91 Å². The number of amides is 1. The number of nitriles is 1. The van der Waals surface area contributed by atoms with Crippen molar-refractivity contribution in [2.75, 3.05) is 5.32 Å². The maximum Gasteiger partial charge on any atom is 0.241 e. The third-order valence-corrected chi connectivity index (χ3v) is 2.63. The molecular formula is C11H11BrN2O. The third kappa shape index (κ3) is 3.07. The highest BCUT2D eigenvalue weighted by Crippen LogP contribution is 2.23. The minimum atomic E-state index is -0.641. The van der Waals surface area contributed by atoms with Crippen LogP contribution in [0.15, 0.2) is 22.7 Å². The van der Waals surface area contributed by atoms with Gasteiger partial charge in [-0.15, -0.1) is 0 Å². The van der Waals surface area contributed by atoms with Crippen molar-refractivity contribution < 1.29 is 4.79 Å². The summed E-state index contributed by atoms with van der Waals surface area (Å²) in [5.74, 6) is -0.930. The summed E-state index contributed by atoms with van der Waals surface area (Å²) in [6, 6.07) is 7.50. The van der Waals surface area contributed by atoms with Crippen LogP contribution >= 0.6 is 15.9 Å². The number of hydrogen-bond acceptors (Lipinski definition) is 2. The molecule has 0 aliphatic heterocycles. The Kier molecular flexibility index (Phi) is 3.87. The van der Waals surface area contributed by atoms with Gasteiger partial charge in [0.2, 0.25) is 5.91 Å². The predicted molar refractivity (Wildman–Crippen MR) is 62.3 cm³/mol. The second-order valence-electron chi connectivity index (χ2n) is 3.32. The zero-order valence-electron chi connectivity index (χ0n) is 8.54. The fraction of sp³-hybridized carbons (Fsp3) is 0.273. The summed E-state index contributed by atoms with van der Waals surface area (Å²) in [5, 5.41) is 11.3. The van der Waals surface area contributed by atoms with E-state index in [0.717, 1.165) is 10.0 Å². The molecule has 0 aliphatic rings. The molecule has 1 rings (SSSR count). The van der Waals surface area contributed by atoms with Gasteiger partial charge in [-0.1, -0.05) is 6.07 Å². The first-order valence-electron chi connectivity index (χ1n) is 4.51. The molecule has 0 fully saturated rings. The molecule has 0 bridgehead atoms. The highest BCUT2D eigenvalue weighted by molar-refractivity contribution is 9.10. The lowest BCUT2D eigenvalue weighted by molar-refractivity contribution is -0.117. The Hall–Kier alpha value is -1.34. The lowest BCUT2D eigenvalue weighted by Gasteiger charge is -2.08. The molecule has 0 saturated heterocycles. The molecule has 15 heavy (non-hydrogen) atoms. The van der Waals surface area contributed by atoms with Gasteiger partial charge in [-0.05, 0) is 47.5 Å². The van der Waals surface area contributed by atoms with Crippen LogP contribution in [0.2, 0.25) is 0 Å². The normalized spacial score (nSPS) is 11.6. The van der Waals surface area contributed by atoms with Gasteiger partial charge in [-0.3, -0.25) is 4.79 Å². The lowest BCUT2D eigenvalue weighted by atomic mass is 10.2. The van der Waals surface area contributed by atoms with Crippen LogP contribution in [0.25, 0.3) is 0 Å². The topological polar surface area (TPSA) is 52.9 Å². The van der Waals surface area contributed by atoms with Gasteiger partial charge >= 0.3 is 0 Å². The first-order valence-corrected chi connectivity index (χ1v) is 5.30. The van der Waals surface area contributed by atoms with Gasteiger partial charge in [0.15, 0.2) is 0 Å². The Bertz CT molecular complexity index is 423. The summed E-state index contributed by atoms with van der Waals surface area (Å²) in [4.78, 5) is 11.4. The molecule has 1 atom stereocenters. The molecule has 0 spiro atoms. The van der Waals surface area contributed by atoms with Crippen molar-refractivity contribution >= 4 is 27.5 Å². The van der Waals surface area contributed by atoms with Gasteiger partial charge in [-0.2, -0.15) is 5.26 Å². The molecule has 1 aromatic carbocycles. The van der Waals surface area contributed by atoms with Gasteiger partial charge in [0, 0.05) is 4.47 Å². The highest BCUT2D eigenvalue weighted by atomic mass is 79.9. The average molecular weight is 267 g/mol. The van der Waals surface area contributed by atoms with Crippen molar-refractivity contribution in [3.05, 3.63) is 28.2 Å². The second-order valence-corrected chi connectivity index (χ2v) is 4.18. The first kappa shape index (κ1) is 11.7. The number of anilines is 1. The van der Waals surface area contributed by atoms with Gasteiger partial charge in [0.25, 0.3) is 0 Å². The zero-order valence-corrected chi connectivity index (χ0v) is 10.1. The van der Waals surface area contributed by atoms with E-state index >= 15 is 0 Å². The Balaban J connectivity index is 2.82. The number of nitrogens with one attached hydrogen (secondary N) is 1. The number of benzene rings is 1. The monoisotopic (exact) mass is 266 g/mol. The summed E-state index contributed by atoms with van der Waals surface area (Å²) in [5.41, 5.74) is 1.79. The van der Waals surface area contributed by atoms with Crippen molar-refractivity contribution in [3.63, 3.8) is 0 Å². The SMILES string of the molecule is Cc1ccc(NC(=O)C(C)C#N)c(Br)c1. The van der Waals surface area contributed by atoms with E-state index < -0.39 is 5.92 Å². The molecule has 1 N–H and O–H groups in total. The van der Waals surface area contributed by atoms with Gasteiger partial charge < -0.3 is 5.32 Å². The fourth-order valence-electron chi connectivity index (χ4n) is 1.02. The standard InChI is InChI=1S/C11H11BrN2O/c1-7-3-4-10(9(12)5-7)14-11(15)8(2)6-13/h3-5,8H,1-2H3,(H,14,15). The largest absolute Gasteiger partial charge is 0.324 e. The van der Waals surface area contributed by atoms with Crippen LogP contribution in [0.4, 0.5) is 5.69 Å². The van der Waals surface area contributed by atoms with Crippen molar-refractivity contribution in [3.8, 4) is 6.07 Å². The Morgan fingerprint density at radius 2 is 2.27 bits per heavy atom. The molecule has 1 aromatic rings. The Labute approximate surface area is 97.2 Å². The molecule has 4 heteroatoms. The highest BCUT2D eigenvalue weighted by Gasteiger charge is 2.12. The van der Waals surface area contributed by atoms with E-state index in [1.54, 1.807) is 13.0 Å². The van der Waals surface area contributed by atoms with Gasteiger partial charge in [-0.25, -0.2) is 0 Å². The minimum absolute atomic E-state index is 0.290. The predicted octanol–water partition coefficient (Wildman–Crippen LogP) is 2.86. The summed E-state index contributed by atoms with van der Waals surface area (Å²) >= 11 is 3.35. The number of aryl methyl sites for hydroxylation is 1. The number of rotatable bonds is 2. The molecule has 78 valence electrons. The van der Waals surface area contributed by atoms with Crippen LogP contribution in [0.5, 0.6) is 0 Å². The molecule has 3 nitrogen and oxygen atoms in total. The average Bonchev–Trinajstić information content (AvgIpc) is 2.20. The maximum atomic E-state index is 11.4. The number of carbonyl (C=O) groups excluding carboxylic acids is 1. The summed E-state index contributed by atoms with van der Waals surface area (Å²) < 4.78 is 0.820. The molecule has 1 unspecified atom stereocenters. The Morgan fingerprint density at radius 1 is 1.60 bits per heavy atom. The molecule has 0 aromatic heterocycles. The smallest absolute Gasteiger partial charge is 0.241 e. The molecule has 0 radical (unpaired) electrons. The van der Waals surface area contributed by atoms with E-state index in [2.05, 4.69) is 21.2 Å². The first-order chi connectivity index (χ1) is 7.04. The molecular weight excluding hydrogens is 256 g/mol. The van der Waals surface area contributed by atoms with E-state index in [4.69, 9.17) is 5.26 Å². The van der Waals surface area contributed by atoms with Crippen molar-refractivity contribution in [1.29, 1.82) is 5.26 Å². The van der Waals surface area contributed by atoms with Crippen LogP contribution < -0.4 is 5.32 Å². The van der Waals surface area contributed by atoms with Crippen molar-refractivity contribution in [2.45, 2.75) is 13.8 Å². The summed E-state index contributed by atoms with van der Waals surface area (Å²) in [7, 11) is 0. The van der Waals surface area contributed by atoms with Crippen LogP contribution in [0, 0.1) is 24.2 Å². The van der Waals surface area contributed by atoms with Crippen LogP contribution in [-0.4, -0.2) is 5.91 Å². The molecule has 1 amide bonds. The number of hydrogen-bond donors (Lipinski definition) is 1. The molecule has 0 aliphatic carbocycles. The Morgan fingerprint density at radius 3 is 2.80 bits per heavy atom. The minimum Gasteiger partial charge on any atom is -0.324 e. The van der Waals surface area contributed by atoms with E-state index in [1.807, 2.05) is 25.1 Å². The fourth-order valence-corrected chi connectivity index (χ4v) is 1.61. The van der Waals surface area contributed by atoms with Crippen molar-refractivity contribution in [1.82, 2.24) is 0 Å². The van der Waals surface area contributed by atoms with Gasteiger partial charge in [0.05, 0.1) is 11.8 Å². The third-order valence-electron chi connectivity index (χ3n) is 1.97. The zero-order chi connectivity index (χ0) is 11.4. The molecule has 0 heterocycles.